The van der Waals surface area contributed by atoms with Crippen LogP contribution >= 0.6 is 0 Å². The van der Waals surface area contributed by atoms with Crippen LogP contribution in [0.25, 0.3) is 0 Å². The molecule has 0 aromatic carbocycles. The molecule has 0 rings (SSSR count). The molecule has 0 aromatic heterocycles. The molecule has 55 heavy (non-hydrogen) atoms. The lowest BCUT2D eigenvalue weighted by Gasteiger charge is -2.24. The van der Waals surface area contributed by atoms with Gasteiger partial charge in [-0.3, -0.25) is 9.59 Å². The van der Waals surface area contributed by atoms with E-state index in [9.17, 15) is 19.8 Å². The number of unbranched alkanes of at least 4 members (excludes halogenated alkanes) is 30. The normalized spacial score (nSPS) is 13.3. The van der Waals surface area contributed by atoms with Gasteiger partial charge in [0.15, 0.2) is 0 Å². The summed E-state index contributed by atoms with van der Waals surface area (Å²) in [4.78, 5) is 26.0. The number of ether oxygens (including phenoxy) is 1. The number of nitrogens with one attached hydrogen (secondary N) is 1. The van der Waals surface area contributed by atoms with Crippen molar-refractivity contribution in [2.75, 3.05) is 6.61 Å². The summed E-state index contributed by atoms with van der Waals surface area (Å²) in [6.07, 6.45) is 47.0. The van der Waals surface area contributed by atoms with E-state index in [-0.39, 0.29) is 24.9 Å². The molecular weight excluding hydrogens is 683 g/mol. The highest BCUT2D eigenvalue weighted by atomic mass is 16.5. The number of rotatable bonds is 44. The molecule has 0 saturated heterocycles. The summed E-state index contributed by atoms with van der Waals surface area (Å²) in [5.74, 6) is -0.467. The van der Waals surface area contributed by atoms with Gasteiger partial charge in [0.05, 0.1) is 25.2 Å². The number of carbonyl (C=O) groups excluding carboxylic acids is 2. The van der Waals surface area contributed by atoms with E-state index in [4.69, 9.17) is 4.74 Å². The second-order valence-corrected chi connectivity index (χ2v) is 16.9. The van der Waals surface area contributed by atoms with Gasteiger partial charge in [-0.05, 0) is 51.4 Å². The first-order chi connectivity index (χ1) is 27.0. The Bertz CT molecular complexity index is 832. The van der Waals surface area contributed by atoms with Crippen molar-refractivity contribution in [2.45, 2.75) is 283 Å². The van der Waals surface area contributed by atoms with Crippen molar-refractivity contribution >= 4 is 11.9 Å². The molecule has 0 bridgehead atoms. The van der Waals surface area contributed by atoms with Crippen LogP contribution in [0.4, 0.5) is 0 Å². The van der Waals surface area contributed by atoms with E-state index in [1.54, 1.807) is 0 Å². The molecule has 1 amide bonds. The Balaban J connectivity index is 4.54. The lowest BCUT2D eigenvalue weighted by Crippen LogP contribution is -2.46. The molecule has 0 radical (unpaired) electrons. The number of allylic oxidation sites excluding steroid dienone is 2. The zero-order valence-electron chi connectivity index (χ0n) is 37.1. The van der Waals surface area contributed by atoms with Gasteiger partial charge in [0.25, 0.3) is 0 Å². The fourth-order valence-corrected chi connectivity index (χ4v) is 7.60. The van der Waals surface area contributed by atoms with Gasteiger partial charge in [-0.2, -0.15) is 0 Å². The summed E-state index contributed by atoms with van der Waals surface area (Å²) < 4.78 is 5.91. The molecule has 326 valence electrons. The van der Waals surface area contributed by atoms with Crippen LogP contribution < -0.4 is 5.32 Å². The van der Waals surface area contributed by atoms with E-state index in [2.05, 4.69) is 38.2 Å². The van der Waals surface area contributed by atoms with Crippen molar-refractivity contribution in [3.05, 3.63) is 12.2 Å². The van der Waals surface area contributed by atoms with E-state index < -0.39 is 18.2 Å². The molecule has 0 aromatic rings. The summed E-state index contributed by atoms with van der Waals surface area (Å²) in [6, 6.07) is -0.694. The molecule has 3 atom stereocenters. The highest BCUT2D eigenvalue weighted by molar-refractivity contribution is 5.77. The topological polar surface area (TPSA) is 95.9 Å². The van der Waals surface area contributed by atoms with E-state index in [0.717, 1.165) is 57.8 Å². The first kappa shape index (κ1) is 53.6. The lowest BCUT2D eigenvalue weighted by atomic mass is 10.0. The van der Waals surface area contributed by atoms with Crippen molar-refractivity contribution < 1.29 is 24.5 Å². The minimum atomic E-state index is -0.781. The van der Waals surface area contributed by atoms with Crippen molar-refractivity contribution in [2.24, 2.45) is 0 Å². The Labute approximate surface area is 342 Å². The van der Waals surface area contributed by atoms with Crippen LogP contribution in [0, 0.1) is 0 Å². The maximum Gasteiger partial charge on any atom is 0.306 e. The number of aliphatic hydroxyl groups excluding tert-OH is 2. The first-order valence-electron chi connectivity index (χ1n) is 24.4. The predicted molar refractivity (Wildman–Crippen MR) is 237 cm³/mol. The van der Waals surface area contributed by atoms with Crippen LogP contribution in [0.2, 0.25) is 0 Å². The fourth-order valence-electron chi connectivity index (χ4n) is 7.60. The third-order valence-electron chi connectivity index (χ3n) is 11.3. The van der Waals surface area contributed by atoms with Crippen molar-refractivity contribution in [3.63, 3.8) is 0 Å². The molecule has 3 unspecified atom stereocenters. The molecule has 6 nitrogen and oxygen atoms in total. The maximum absolute atomic E-state index is 13.1. The third kappa shape index (κ3) is 39.2. The molecule has 0 aliphatic heterocycles. The average molecular weight is 778 g/mol. The zero-order chi connectivity index (χ0) is 40.3. The Morgan fingerprint density at radius 3 is 1.29 bits per heavy atom. The van der Waals surface area contributed by atoms with E-state index >= 15 is 0 Å². The highest BCUT2D eigenvalue weighted by Crippen LogP contribution is 2.18. The summed E-state index contributed by atoms with van der Waals surface area (Å²) >= 11 is 0. The monoisotopic (exact) mass is 778 g/mol. The lowest BCUT2D eigenvalue weighted by molar-refractivity contribution is -0.151. The van der Waals surface area contributed by atoms with Crippen LogP contribution in [0.1, 0.15) is 265 Å². The molecule has 0 aliphatic rings. The SMILES string of the molecule is CCCCCCCC/C=C/CCCCCCCCCC(CC(=O)NC(CO)C(O)CCCCCCCCCCC)OC(=O)CCCCCCCCCCCC. The highest BCUT2D eigenvalue weighted by Gasteiger charge is 2.24. The van der Waals surface area contributed by atoms with E-state index in [1.807, 2.05) is 0 Å². The molecule has 3 N–H and O–H groups in total. The molecule has 0 saturated carbocycles. The van der Waals surface area contributed by atoms with Gasteiger partial charge in [-0.1, -0.05) is 213 Å². The van der Waals surface area contributed by atoms with Crippen LogP contribution in [0.15, 0.2) is 12.2 Å². The first-order valence-corrected chi connectivity index (χ1v) is 24.4. The largest absolute Gasteiger partial charge is 0.462 e. The number of hydrogen-bond donors (Lipinski definition) is 3. The van der Waals surface area contributed by atoms with E-state index in [0.29, 0.717) is 19.3 Å². The van der Waals surface area contributed by atoms with Gasteiger partial charge < -0.3 is 20.3 Å². The van der Waals surface area contributed by atoms with Crippen LogP contribution in [0.3, 0.4) is 0 Å². The number of aliphatic hydroxyl groups is 2. The minimum Gasteiger partial charge on any atom is -0.462 e. The van der Waals surface area contributed by atoms with Crippen LogP contribution in [-0.2, 0) is 14.3 Å². The summed E-state index contributed by atoms with van der Waals surface area (Å²) in [5.41, 5.74) is 0. The summed E-state index contributed by atoms with van der Waals surface area (Å²) in [5, 5.41) is 23.6. The van der Waals surface area contributed by atoms with Crippen molar-refractivity contribution in [1.82, 2.24) is 5.32 Å². The molecule has 0 heterocycles. The molecule has 0 spiro atoms. The molecule has 0 fully saturated rings. The second kappa shape index (κ2) is 43.7. The van der Waals surface area contributed by atoms with Crippen molar-refractivity contribution in [1.29, 1.82) is 0 Å². The summed E-state index contributed by atoms with van der Waals surface area (Å²) in [7, 11) is 0. The Morgan fingerprint density at radius 2 is 0.873 bits per heavy atom. The number of carbonyl (C=O) groups is 2. The molecule has 6 heteroatoms. The smallest absolute Gasteiger partial charge is 0.306 e. The quantitative estimate of drug-likeness (QED) is 0.0325. The summed E-state index contributed by atoms with van der Waals surface area (Å²) in [6.45, 7) is 6.46. The second-order valence-electron chi connectivity index (χ2n) is 16.9. The van der Waals surface area contributed by atoms with Gasteiger partial charge in [-0.25, -0.2) is 0 Å². The van der Waals surface area contributed by atoms with Crippen LogP contribution in [0.5, 0.6) is 0 Å². The number of amides is 1. The number of esters is 1. The van der Waals surface area contributed by atoms with Crippen molar-refractivity contribution in [3.8, 4) is 0 Å². The molecule has 0 aliphatic carbocycles. The predicted octanol–water partition coefficient (Wildman–Crippen LogP) is 14.2. The van der Waals surface area contributed by atoms with Gasteiger partial charge in [0, 0.05) is 6.42 Å². The van der Waals surface area contributed by atoms with Gasteiger partial charge in [-0.15, -0.1) is 0 Å². The zero-order valence-corrected chi connectivity index (χ0v) is 37.1. The maximum atomic E-state index is 13.1. The minimum absolute atomic E-state index is 0.0808. The standard InChI is InChI=1S/C49H95NO5/c1-4-7-10-13-16-19-21-22-23-24-25-26-27-29-31-34-37-40-45(55-49(54)42-39-36-33-30-20-17-14-11-8-5-2)43-48(53)50-46(44-51)47(52)41-38-35-32-28-18-15-12-9-6-3/h22-23,45-47,51-52H,4-21,24-44H2,1-3H3,(H,50,53)/b23-22+. The van der Waals surface area contributed by atoms with Gasteiger partial charge in [0.2, 0.25) is 5.91 Å². The number of hydrogen-bond acceptors (Lipinski definition) is 5. The Hall–Kier alpha value is -1.40. The Morgan fingerprint density at radius 1 is 0.509 bits per heavy atom. The Kier molecular flexibility index (Phi) is 42.6. The fraction of sp³-hybridized carbons (Fsp3) is 0.918. The third-order valence-corrected chi connectivity index (χ3v) is 11.3. The average Bonchev–Trinajstić information content (AvgIpc) is 3.18. The van der Waals surface area contributed by atoms with E-state index in [1.165, 1.54) is 161 Å². The van der Waals surface area contributed by atoms with Gasteiger partial charge in [0.1, 0.15) is 6.10 Å². The van der Waals surface area contributed by atoms with Crippen LogP contribution in [-0.4, -0.2) is 46.9 Å². The van der Waals surface area contributed by atoms with Gasteiger partial charge >= 0.3 is 5.97 Å². The molecular formula is C49H95NO5.